The first-order chi connectivity index (χ1) is 9.52. The van der Waals surface area contributed by atoms with Crippen molar-refractivity contribution in [2.24, 2.45) is 0 Å². The van der Waals surface area contributed by atoms with Crippen LogP contribution in [0, 0.1) is 11.6 Å². The van der Waals surface area contributed by atoms with Crippen LogP contribution in [0.5, 0.6) is 0 Å². The van der Waals surface area contributed by atoms with Crippen LogP contribution in [0.2, 0.25) is 0 Å². The van der Waals surface area contributed by atoms with Gasteiger partial charge >= 0.3 is 0 Å². The van der Waals surface area contributed by atoms with Gasteiger partial charge in [-0.25, -0.2) is 8.78 Å². The van der Waals surface area contributed by atoms with E-state index < -0.39 is 17.2 Å². The zero-order chi connectivity index (χ0) is 14.1. The van der Waals surface area contributed by atoms with E-state index in [0.717, 1.165) is 11.6 Å². The molecule has 4 heteroatoms. The van der Waals surface area contributed by atoms with Gasteiger partial charge in [0.1, 0.15) is 11.6 Å². The number of amides is 1. The Morgan fingerprint density at radius 2 is 1.95 bits per heavy atom. The number of nitrogens with zero attached hydrogens (tertiary/aromatic N) is 1. The second-order valence-corrected chi connectivity index (χ2v) is 5.53. The lowest BCUT2D eigenvalue weighted by Gasteiger charge is -2.28. The first-order valence-corrected chi connectivity index (χ1v) is 6.44. The van der Waals surface area contributed by atoms with E-state index in [1.807, 2.05) is 19.1 Å². The van der Waals surface area contributed by atoms with Gasteiger partial charge in [-0.3, -0.25) is 9.69 Å². The molecule has 1 atom stereocenters. The van der Waals surface area contributed by atoms with E-state index in [0.29, 0.717) is 17.5 Å². The molecule has 2 aromatic rings. The lowest BCUT2D eigenvalue weighted by molar-refractivity contribution is 0.0982. The van der Waals surface area contributed by atoms with Gasteiger partial charge in [0.25, 0.3) is 5.91 Å². The Balaban J connectivity index is 2.01. The molecule has 0 N–H and O–H groups in total. The van der Waals surface area contributed by atoms with E-state index in [-0.39, 0.29) is 11.6 Å². The predicted molar refractivity (Wildman–Crippen MR) is 70.7 cm³/mol. The fourth-order valence-corrected chi connectivity index (χ4v) is 3.50. The number of anilines is 1. The maximum Gasteiger partial charge on any atom is 0.259 e. The average molecular weight is 271 g/mol. The van der Waals surface area contributed by atoms with Gasteiger partial charge < -0.3 is 0 Å². The van der Waals surface area contributed by atoms with Crippen molar-refractivity contribution in [2.45, 2.75) is 18.9 Å². The lowest BCUT2D eigenvalue weighted by Crippen LogP contribution is -2.38. The highest BCUT2D eigenvalue weighted by Crippen LogP contribution is 2.51. The largest absolute Gasteiger partial charge is 0.295 e. The van der Waals surface area contributed by atoms with Crippen molar-refractivity contribution in [1.82, 2.24) is 0 Å². The van der Waals surface area contributed by atoms with Crippen LogP contribution < -0.4 is 4.90 Å². The molecule has 4 rings (SSSR count). The standard InChI is InChI=1S/C16H11F2NO/c1-16-8-9-6-10(17)7-13(18)14(9)19(16)15(20)11-4-2-3-5-12(11)16/h2-7H,8H2,1H3/t16-/m1/s1. The van der Waals surface area contributed by atoms with E-state index in [1.165, 1.54) is 11.0 Å². The summed E-state index contributed by atoms with van der Waals surface area (Å²) in [5, 5.41) is 0. The zero-order valence-electron chi connectivity index (χ0n) is 10.8. The number of carbonyl (C=O) groups excluding carboxylic acids is 1. The summed E-state index contributed by atoms with van der Waals surface area (Å²) >= 11 is 0. The Labute approximate surface area is 114 Å². The Bertz CT molecular complexity index is 771. The molecule has 0 aromatic heterocycles. The number of hydrogen-bond donors (Lipinski definition) is 0. The molecule has 0 fully saturated rings. The molecule has 1 amide bonds. The van der Waals surface area contributed by atoms with Gasteiger partial charge in [-0.05, 0) is 30.2 Å². The maximum absolute atomic E-state index is 14.1. The van der Waals surface area contributed by atoms with Gasteiger partial charge in [-0.1, -0.05) is 18.2 Å². The molecular formula is C16H11F2NO. The van der Waals surface area contributed by atoms with E-state index in [9.17, 15) is 13.6 Å². The Morgan fingerprint density at radius 3 is 2.75 bits per heavy atom. The molecule has 0 bridgehead atoms. The van der Waals surface area contributed by atoms with Crippen LogP contribution in [0.15, 0.2) is 36.4 Å². The van der Waals surface area contributed by atoms with E-state index in [4.69, 9.17) is 0 Å². The molecule has 20 heavy (non-hydrogen) atoms. The van der Waals surface area contributed by atoms with E-state index >= 15 is 0 Å². The number of carbonyl (C=O) groups is 1. The molecule has 0 aliphatic carbocycles. The average Bonchev–Trinajstić information content (AvgIpc) is 2.81. The molecule has 0 unspecified atom stereocenters. The SMILES string of the molecule is C[C@]12Cc3cc(F)cc(F)c3N1C(=O)c1ccccc12. The van der Waals surface area contributed by atoms with Crippen molar-refractivity contribution >= 4 is 11.6 Å². The molecule has 2 aliphatic rings. The van der Waals surface area contributed by atoms with Crippen molar-refractivity contribution in [3.63, 3.8) is 0 Å². The molecule has 0 spiro atoms. The second kappa shape index (κ2) is 3.45. The molecule has 2 nitrogen and oxygen atoms in total. The number of benzene rings is 2. The van der Waals surface area contributed by atoms with Gasteiger partial charge in [-0.15, -0.1) is 0 Å². The molecule has 2 aliphatic heterocycles. The first kappa shape index (κ1) is 11.6. The minimum absolute atomic E-state index is 0.215. The summed E-state index contributed by atoms with van der Waals surface area (Å²) in [6.45, 7) is 1.90. The fourth-order valence-electron chi connectivity index (χ4n) is 3.50. The first-order valence-electron chi connectivity index (χ1n) is 6.44. The summed E-state index contributed by atoms with van der Waals surface area (Å²) in [5.41, 5.74) is 1.62. The molecule has 0 saturated heterocycles. The van der Waals surface area contributed by atoms with Gasteiger partial charge in [0.2, 0.25) is 0 Å². The van der Waals surface area contributed by atoms with Crippen LogP contribution >= 0.6 is 0 Å². The van der Waals surface area contributed by atoms with Crippen LogP contribution in [0.4, 0.5) is 14.5 Å². The van der Waals surface area contributed by atoms with Gasteiger partial charge in [0, 0.05) is 18.1 Å². The summed E-state index contributed by atoms with van der Waals surface area (Å²) in [7, 11) is 0. The smallest absolute Gasteiger partial charge is 0.259 e. The fraction of sp³-hybridized carbons (Fsp3) is 0.188. The van der Waals surface area contributed by atoms with Crippen molar-refractivity contribution in [1.29, 1.82) is 0 Å². The van der Waals surface area contributed by atoms with Crippen LogP contribution in [-0.4, -0.2) is 5.91 Å². The summed E-state index contributed by atoms with van der Waals surface area (Å²) in [5.74, 6) is -1.50. The van der Waals surface area contributed by atoms with Crippen LogP contribution in [-0.2, 0) is 12.0 Å². The molecule has 0 saturated carbocycles. The minimum Gasteiger partial charge on any atom is -0.295 e. The van der Waals surface area contributed by atoms with E-state index in [2.05, 4.69) is 0 Å². The van der Waals surface area contributed by atoms with Crippen molar-refractivity contribution < 1.29 is 13.6 Å². The Morgan fingerprint density at radius 1 is 1.20 bits per heavy atom. The van der Waals surface area contributed by atoms with Crippen molar-refractivity contribution in [2.75, 3.05) is 4.90 Å². The predicted octanol–water partition coefficient (Wildman–Crippen LogP) is 3.40. The number of hydrogen-bond acceptors (Lipinski definition) is 1. The third kappa shape index (κ3) is 1.19. The van der Waals surface area contributed by atoms with Gasteiger partial charge in [-0.2, -0.15) is 0 Å². The number of rotatable bonds is 0. The molecular weight excluding hydrogens is 260 g/mol. The number of fused-ring (bicyclic) bond motifs is 5. The summed E-state index contributed by atoms with van der Waals surface area (Å²) in [6, 6.07) is 9.44. The Hall–Kier alpha value is -2.23. The van der Waals surface area contributed by atoms with E-state index in [1.54, 1.807) is 12.1 Å². The highest BCUT2D eigenvalue weighted by atomic mass is 19.1. The van der Waals surface area contributed by atoms with Gasteiger partial charge in [0.15, 0.2) is 0 Å². The summed E-state index contributed by atoms with van der Waals surface area (Å²) in [6.07, 6.45) is 0.430. The highest BCUT2D eigenvalue weighted by molar-refractivity contribution is 6.13. The van der Waals surface area contributed by atoms with Crippen LogP contribution in [0.25, 0.3) is 0 Å². The molecule has 2 heterocycles. The highest BCUT2D eigenvalue weighted by Gasteiger charge is 2.52. The maximum atomic E-state index is 14.1. The van der Waals surface area contributed by atoms with Crippen molar-refractivity contribution in [3.8, 4) is 0 Å². The third-order valence-corrected chi connectivity index (χ3v) is 4.30. The number of halogens is 2. The molecule has 0 radical (unpaired) electrons. The van der Waals surface area contributed by atoms with Gasteiger partial charge in [0.05, 0.1) is 11.2 Å². The third-order valence-electron chi connectivity index (χ3n) is 4.30. The minimum atomic E-state index is -0.676. The monoisotopic (exact) mass is 271 g/mol. The van der Waals surface area contributed by atoms with Crippen LogP contribution in [0.3, 0.4) is 0 Å². The quantitative estimate of drug-likeness (QED) is 0.719. The van der Waals surface area contributed by atoms with Crippen LogP contribution in [0.1, 0.15) is 28.4 Å². The van der Waals surface area contributed by atoms with Crippen molar-refractivity contribution in [3.05, 3.63) is 64.7 Å². The Kier molecular flexibility index (Phi) is 2.00. The summed E-state index contributed by atoms with van der Waals surface area (Å²) < 4.78 is 27.5. The molecule has 100 valence electrons. The second-order valence-electron chi connectivity index (χ2n) is 5.53. The normalized spacial score (nSPS) is 22.8. The summed E-state index contributed by atoms with van der Waals surface area (Å²) in [4.78, 5) is 14.0. The topological polar surface area (TPSA) is 20.3 Å². The zero-order valence-corrected chi connectivity index (χ0v) is 10.8. The lowest BCUT2D eigenvalue weighted by atomic mass is 9.88. The molecule has 2 aromatic carbocycles.